The van der Waals surface area contributed by atoms with Gasteiger partial charge in [-0.05, 0) is 31.5 Å². The molecule has 0 radical (unpaired) electrons. The molecule has 0 aliphatic rings. The Morgan fingerprint density at radius 3 is 1.85 bits per heavy atom. The van der Waals surface area contributed by atoms with E-state index >= 15 is 0 Å². The second-order valence-corrected chi connectivity index (χ2v) is 7.57. The minimum Gasteiger partial charge on any atom is -0.423 e. The first-order valence-electron chi connectivity index (χ1n) is 6.30. The Kier molecular flexibility index (Phi) is 5.47. The molecule has 0 heterocycles. The summed E-state index contributed by atoms with van der Waals surface area (Å²) >= 11 is 0. The predicted molar refractivity (Wildman–Crippen MR) is 75.8 cm³/mol. The van der Waals surface area contributed by atoms with Crippen molar-refractivity contribution in [2.24, 2.45) is 0 Å². The van der Waals surface area contributed by atoms with Crippen molar-refractivity contribution in [3.8, 4) is 5.75 Å². The number of rotatable bonds is 4. The molecule has 0 fully saturated rings. The van der Waals surface area contributed by atoms with Gasteiger partial charge in [0.25, 0.3) is 0 Å². The van der Waals surface area contributed by atoms with Crippen LogP contribution in [0.15, 0.2) is 18.2 Å². The molecule has 1 aromatic carbocycles. The molecule has 1 rings (SSSR count). The van der Waals surface area contributed by atoms with Crippen LogP contribution in [0, 0.1) is 0 Å². The fourth-order valence-electron chi connectivity index (χ4n) is 1.78. The van der Waals surface area contributed by atoms with E-state index in [1.165, 1.54) is 0 Å². The van der Waals surface area contributed by atoms with Crippen LogP contribution in [0.25, 0.3) is 0 Å². The molecule has 0 aromatic heterocycles. The normalized spacial score (nSPS) is 12.8. The Morgan fingerprint density at radius 2 is 1.45 bits per heavy atom. The van der Waals surface area contributed by atoms with E-state index in [0.717, 1.165) is 11.1 Å². The van der Waals surface area contributed by atoms with Crippen LogP contribution < -0.4 is 4.52 Å². The second-order valence-electron chi connectivity index (χ2n) is 6.66. The highest BCUT2D eigenvalue weighted by Gasteiger charge is 2.26. The zero-order chi connectivity index (χ0) is 15.6. The van der Waals surface area contributed by atoms with Crippen molar-refractivity contribution in [3.05, 3.63) is 29.3 Å². The average Bonchev–Trinajstić information content (AvgIpc) is 2.33. The van der Waals surface area contributed by atoms with Gasteiger partial charge in [0.1, 0.15) is 5.75 Å². The highest BCUT2D eigenvalue weighted by molar-refractivity contribution is 7.41. The molecular formula is C14H21F2O3P. The monoisotopic (exact) mass is 306 g/mol. The summed E-state index contributed by atoms with van der Waals surface area (Å²) in [4.78, 5) is 0. The first kappa shape index (κ1) is 17.3. The summed E-state index contributed by atoms with van der Waals surface area (Å²) in [6.07, 6.45) is 0. The Labute approximate surface area is 120 Å². The van der Waals surface area contributed by atoms with E-state index in [9.17, 15) is 9.05 Å². The average molecular weight is 306 g/mol. The van der Waals surface area contributed by atoms with Crippen molar-refractivity contribution in [3.63, 3.8) is 0 Å². The van der Waals surface area contributed by atoms with Crippen LogP contribution in [0.5, 0.6) is 5.75 Å². The molecular weight excluding hydrogens is 285 g/mol. The van der Waals surface area contributed by atoms with Crippen molar-refractivity contribution >= 4 is 8.60 Å². The molecule has 114 valence electrons. The van der Waals surface area contributed by atoms with E-state index in [0.29, 0.717) is 5.75 Å². The van der Waals surface area contributed by atoms with E-state index < -0.39 is 8.60 Å². The highest BCUT2D eigenvalue weighted by Crippen LogP contribution is 2.45. The van der Waals surface area contributed by atoms with E-state index in [-0.39, 0.29) is 10.8 Å². The van der Waals surface area contributed by atoms with Gasteiger partial charge in [0.15, 0.2) is 0 Å². The lowest BCUT2D eigenvalue weighted by Gasteiger charge is -2.27. The smallest absolute Gasteiger partial charge is 0.423 e. The quantitative estimate of drug-likeness (QED) is 0.669. The molecule has 1 aromatic rings. The number of benzene rings is 1. The van der Waals surface area contributed by atoms with Crippen molar-refractivity contribution < 1.29 is 23.0 Å². The van der Waals surface area contributed by atoms with E-state index in [4.69, 9.17) is 4.52 Å². The summed E-state index contributed by atoms with van der Waals surface area (Å²) in [7, 11) is -2.67. The van der Waals surface area contributed by atoms with Crippen molar-refractivity contribution in [1.82, 2.24) is 0 Å². The maximum atomic E-state index is 12.1. The van der Waals surface area contributed by atoms with Crippen molar-refractivity contribution in [2.75, 3.05) is 0 Å². The predicted octanol–water partition coefficient (Wildman–Crippen LogP) is 5.69. The third kappa shape index (κ3) is 4.37. The molecule has 0 bridgehead atoms. The molecule has 0 unspecified atom stereocenters. The lowest BCUT2D eigenvalue weighted by atomic mass is 9.80. The van der Waals surface area contributed by atoms with Gasteiger partial charge in [-0.15, -0.1) is 0 Å². The van der Waals surface area contributed by atoms with Crippen molar-refractivity contribution in [1.29, 1.82) is 0 Å². The van der Waals surface area contributed by atoms with Gasteiger partial charge in [0.05, 0.1) is 0 Å². The molecule has 3 nitrogen and oxygen atoms in total. The van der Waals surface area contributed by atoms with E-state index in [1.54, 1.807) is 6.07 Å². The van der Waals surface area contributed by atoms with Gasteiger partial charge in [0, 0.05) is 5.56 Å². The standard InChI is InChI=1S/C14H21F2O3P/c1-13(2,3)10-7-8-12(17-20(18-15)19-16)11(9-10)14(4,5)6/h7-9H,1-6H3. The summed E-state index contributed by atoms with van der Waals surface area (Å²) < 4.78 is 35.9. The lowest BCUT2D eigenvalue weighted by Crippen LogP contribution is -2.17. The van der Waals surface area contributed by atoms with Gasteiger partial charge in [0.2, 0.25) is 0 Å². The second kappa shape index (κ2) is 6.33. The third-order valence-corrected chi connectivity index (χ3v) is 3.51. The summed E-state index contributed by atoms with van der Waals surface area (Å²) in [6, 6.07) is 5.54. The van der Waals surface area contributed by atoms with Crippen molar-refractivity contribution in [2.45, 2.75) is 52.4 Å². The first-order chi connectivity index (χ1) is 9.09. The highest BCUT2D eigenvalue weighted by atomic mass is 31.2. The third-order valence-electron chi connectivity index (χ3n) is 2.94. The summed E-state index contributed by atoms with van der Waals surface area (Å²) in [5.41, 5.74) is 1.67. The molecule has 6 heteroatoms. The van der Waals surface area contributed by atoms with Crippen LogP contribution in [0.3, 0.4) is 0 Å². The minimum atomic E-state index is -2.67. The molecule has 0 saturated carbocycles. The number of hydrogen-bond donors (Lipinski definition) is 0. The van der Waals surface area contributed by atoms with E-state index in [2.05, 4.69) is 30.2 Å². The Balaban J connectivity index is 3.24. The zero-order valence-electron chi connectivity index (χ0n) is 12.7. The molecule has 0 N–H and O–H groups in total. The molecule has 0 spiro atoms. The zero-order valence-corrected chi connectivity index (χ0v) is 13.6. The Bertz CT molecular complexity index is 449. The van der Waals surface area contributed by atoms with Gasteiger partial charge in [-0.25, -0.2) is 0 Å². The molecule has 0 aliphatic heterocycles. The van der Waals surface area contributed by atoms with Crippen LogP contribution in [0.2, 0.25) is 0 Å². The lowest BCUT2D eigenvalue weighted by molar-refractivity contribution is -0.0859. The number of hydrogen-bond acceptors (Lipinski definition) is 3. The maximum absolute atomic E-state index is 12.1. The molecule has 0 atom stereocenters. The molecule has 0 amide bonds. The summed E-state index contributed by atoms with van der Waals surface area (Å²) in [5, 5.41) is 0. The van der Waals surface area contributed by atoms with Crippen LogP contribution in [-0.2, 0) is 20.3 Å². The van der Waals surface area contributed by atoms with Crippen LogP contribution >= 0.6 is 8.60 Å². The van der Waals surface area contributed by atoms with Gasteiger partial charge >= 0.3 is 8.60 Å². The topological polar surface area (TPSA) is 27.7 Å². The summed E-state index contributed by atoms with van der Waals surface area (Å²) in [6.45, 7) is 12.3. The molecule has 0 saturated heterocycles. The van der Waals surface area contributed by atoms with Gasteiger partial charge in [-0.3, -0.25) is 0 Å². The summed E-state index contributed by atoms with van der Waals surface area (Å²) in [5.74, 6) is 0.354. The first-order valence-corrected chi connectivity index (χ1v) is 7.39. The maximum Gasteiger partial charge on any atom is 0.465 e. The van der Waals surface area contributed by atoms with E-state index in [1.807, 2.05) is 32.9 Å². The van der Waals surface area contributed by atoms with Crippen LogP contribution in [-0.4, -0.2) is 0 Å². The SMILES string of the molecule is CC(C)(C)c1ccc(OP(OF)OF)c(C(C)(C)C)c1. The molecule has 20 heavy (non-hydrogen) atoms. The Hall–Kier alpha value is -0.770. The number of halogens is 2. The Morgan fingerprint density at radius 1 is 0.900 bits per heavy atom. The largest absolute Gasteiger partial charge is 0.465 e. The van der Waals surface area contributed by atoms with Crippen LogP contribution in [0.4, 0.5) is 9.05 Å². The van der Waals surface area contributed by atoms with Gasteiger partial charge in [-0.1, -0.05) is 63.1 Å². The molecule has 0 aliphatic carbocycles. The van der Waals surface area contributed by atoms with Gasteiger partial charge in [-0.2, -0.15) is 0 Å². The minimum absolute atomic E-state index is 0.0313. The van der Waals surface area contributed by atoms with Gasteiger partial charge < -0.3 is 4.52 Å². The fourth-order valence-corrected chi connectivity index (χ4v) is 2.18. The van der Waals surface area contributed by atoms with Crippen LogP contribution in [0.1, 0.15) is 52.7 Å². The fraction of sp³-hybridized carbons (Fsp3) is 0.571.